The van der Waals surface area contributed by atoms with Crippen LogP contribution in [-0.2, 0) is 4.79 Å². The summed E-state index contributed by atoms with van der Waals surface area (Å²) in [4.78, 5) is 12.9. The van der Waals surface area contributed by atoms with Gasteiger partial charge in [0.2, 0.25) is 0 Å². The van der Waals surface area contributed by atoms with Crippen LogP contribution in [0, 0.1) is 5.82 Å². The van der Waals surface area contributed by atoms with Crippen LogP contribution in [0.3, 0.4) is 0 Å². The van der Waals surface area contributed by atoms with Crippen LogP contribution >= 0.6 is 11.8 Å². The molecule has 3 N–H and O–H groups in total. The van der Waals surface area contributed by atoms with Crippen LogP contribution in [0.4, 0.5) is 4.39 Å². The molecular weight excluding hydrogens is 455 g/mol. The molecule has 0 aromatic heterocycles. The van der Waals surface area contributed by atoms with Crippen molar-refractivity contribution in [2.45, 2.75) is 54.6 Å². The Bertz CT molecular complexity index is 1090. The summed E-state index contributed by atoms with van der Waals surface area (Å²) in [7, 11) is 0. The monoisotopic (exact) mass is 484 g/mol. The highest BCUT2D eigenvalue weighted by Gasteiger charge is 2.20. The lowest BCUT2D eigenvalue weighted by atomic mass is 9.95. The van der Waals surface area contributed by atoms with Crippen molar-refractivity contribution in [3.8, 4) is 16.9 Å². The number of carbonyl (C=O) groups is 1. The zero-order valence-corrected chi connectivity index (χ0v) is 20.0. The van der Waals surface area contributed by atoms with Crippen molar-refractivity contribution in [3.63, 3.8) is 0 Å². The maximum absolute atomic E-state index is 13.6. The second-order valence-corrected chi connectivity index (χ2v) is 9.57. The van der Waals surface area contributed by atoms with Gasteiger partial charge in [0, 0.05) is 21.8 Å². The van der Waals surface area contributed by atoms with Crippen LogP contribution in [0.15, 0.2) is 76.5 Å². The molecule has 34 heavy (non-hydrogen) atoms. The fourth-order valence-electron chi connectivity index (χ4n) is 3.59. The highest BCUT2D eigenvalue weighted by Crippen LogP contribution is 2.42. The first-order valence-corrected chi connectivity index (χ1v) is 11.9. The van der Waals surface area contributed by atoms with Crippen molar-refractivity contribution in [1.29, 1.82) is 0 Å². The molecule has 0 bridgehead atoms. The number of aliphatic carboxylic acids is 1. The first-order valence-electron chi connectivity index (χ1n) is 11.1. The lowest BCUT2D eigenvalue weighted by molar-refractivity contribution is -0.139. The minimum Gasteiger partial charge on any atom is -0.490 e. The highest BCUT2D eigenvalue weighted by molar-refractivity contribution is 7.99. The smallest absolute Gasteiger partial charge is 0.305 e. The van der Waals surface area contributed by atoms with Gasteiger partial charge < -0.3 is 20.1 Å². The molecule has 7 heteroatoms. The molecule has 5 nitrogen and oxygen atoms in total. The Morgan fingerprint density at radius 3 is 2.26 bits per heavy atom. The van der Waals surface area contributed by atoms with E-state index in [0.29, 0.717) is 5.75 Å². The van der Waals surface area contributed by atoms with Crippen LogP contribution in [-0.4, -0.2) is 40.1 Å². The minimum atomic E-state index is -1.16. The van der Waals surface area contributed by atoms with E-state index in [-0.39, 0.29) is 24.8 Å². The van der Waals surface area contributed by atoms with E-state index in [9.17, 15) is 19.4 Å². The first kappa shape index (κ1) is 25.7. The van der Waals surface area contributed by atoms with E-state index < -0.39 is 24.6 Å². The van der Waals surface area contributed by atoms with Gasteiger partial charge in [0.15, 0.2) is 0 Å². The second-order valence-electron chi connectivity index (χ2n) is 8.42. The van der Waals surface area contributed by atoms with Gasteiger partial charge in [-0.3, -0.25) is 4.79 Å². The number of hydrogen-bond donors (Lipinski definition) is 3. The Labute approximate surface area is 203 Å². The second kappa shape index (κ2) is 12.0. The van der Waals surface area contributed by atoms with Crippen molar-refractivity contribution < 1.29 is 29.2 Å². The molecule has 0 unspecified atom stereocenters. The molecule has 0 radical (unpaired) electrons. The van der Waals surface area contributed by atoms with Gasteiger partial charge in [-0.2, -0.15) is 0 Å². The summed E-state index contributed by atoms with van der Waals surface area (Å²) in [5.41, 5.74) is 2.47. The molecule has 0 heterocycles. The molecule has 0 amide bonds. The van der Waals surface area contributed by atoms with Gasteiger partial charge >= 0.3 is 5.97 Å². The van der Waals surface area contributed by atoms with E-state index in [1.165, 1.54) is 12.1 Å². The third-order valence-corrected chi connectivity index (χ3v) is 6.20. The van der Waals surface area contributed by atoms with Crippen LogP contribution in [0.25, 0.3) is 11.1 Å². The SMILES string of the molecule is CC(C)c1cc(Sc2ccccc2)cc(-c2ccc(F)cc2)c1OC[C@@H](O)C[C@@H](O)CC(=O)O. The van der Waals surface area contributed by atoms with Crippen molar-refractivity contribution in [1.82, 2.24) is 0 Å². The molecule has 3 rings (SSSR count). The number of aliphatic hydroxyl groups is 2. The average Bonchev–Trinajstić information content (AvgIpc) is 2.78. The summed E-state index contributed by atoms with van der Waals surface area (Å²) >= 11 is 1.61. The van der Waals surface area contributed by atoms with Gasteiger partial charge in [-0.25, -0.2) is 4.39 Å². The van der Waals surface area contributed by atoms with Crippen LogP contribution in [0.2, 0.25) is 0 Å². The summed E-state index contributed by atoms with van der Waals surface area (Å²) in [5, 5.41) is 29.0. The third-order valence-electron chi connectivity index (χ3n) is 5.22. The van der Waals surface area contributed by atoms with Crippen molar-refractivity contribution in [2.24, 2.45) is 0 Å². The molecule has 0 spiro atoms. The first-order chi connectivity index (χ1) is 16.2. The largest absolute Gasteiger partial charge is 0.490 e. The van der Waals surface area contributed by atoms with E-state index >= 15 is 0 Å². The molecular formula is C27H29FO5S. The number of ether oxygens (including phenoxy) is 1. The predicted octanol–water partition coefficient (Wildman–Crippen LogP) is 5.73. The molecule has 0 aliphatic heterocycles. The van der Waals surface area contributed by atoms with Crippen molar-refractivity contribution in [2.75, 3.05) is 6.61 Å². The van der Waals surface area contributed by atoms with Gasteiger partial charge in [0.05, 0.1) is 18.6 Å². The number of hydrogen-bond acceptors (Lipinski definition) is 5. The molecule has 180 valence electrons. The molecule has 0 aliphatic carbocycles. The number of rotatable bonds is 11. The van der Waals surface area contributed by atoms with Gasteiger partial charge in [-0.1, -0.05) is 55.9 Å². The molecule has 3 aromatic rings. The van der Waals surface area contributed by atoms with E-state index in [2.05, 4.69) is 6.07 Å². The van der Waals surface area contributed by atoms with Gasteiger partial charge in [-0.15, -0.1) is 0 Å². The maximum Gasteiger partial charge on any atom is 0.305 e. The quantitative estimate of drug-likeness (QED) is 0.322. The van der Waals surface area contributed by atoms with Crippen LogP contribution < -0.4 is 4.74 Å². The number of carboxylic acids is 1. The Hall–Kier alpha value is -2.87. The Morgan fingerprint density at radius 2 is 1.65 bits per heavy atom. The minimum absolute atomic E-state index is 0.0975. The van der Waals surface area contributed by atoms with E-state index in [0.717, 1.165) is 26.5 Å². The van der Waals surface area contributed by atoms with Crippen LogP contribution in [0.1, 0.15) is 38.2 Å². The zero-order chi connectivity index (χ0) is 24.7. The van der Waals surface area contributed by atoms with Crippen molar-refractivity contribution >= 4 is 17.7 Å². The Morgan fingerprint density at radius 1 is 0.971 bits per heavy atom. The van der Waals surface area contributed by atoms with E-state index in [1.807, 2.05) is 50.2 Å². The summed E-state index contributed by atoms with van der Waals surface area (Å²) in [6, 6.07) is 20.2. The van der Waals surface area contributed by atoms with Crippen molar-refractivity contribution in [3.05, 3.63) is 78.1 Å². The van der Waals surface area contributed by atoms with Gasteiger partial charge in [-0.05, 0) is 53.4 Å². The molecule has 0 aliphatic rings. The number of halogens is 1. The summed E-state index contributed by atoms with van der Waals surface area (Å²) in [6.45, 7) is 3.97. The van der Waals surface area contributed by atoms with Crippen LogP contribution in [0.5, 0.6) is 5.75 Å². The highest BCUT2D eigenvalue weighted by atomic mass is 32.2. The number of carboxylic acid groups (broad SMARTS) is 1. The predicted molar refractivity (Wildman–Crippen MR) is 131 cm³/mol. The van der Waals surface area contributed by atoms with E-state index in [4.69, 9.17) is 9.84 Å². The average molecular weight is 485 g/mol. The molecule has 3 aromatic carbocycles. The lowest BCUT2D eigenvalue weighted by Gasteiger charge is -2.22. The molecule has 2 atom stereocenters. The standard InChI is InChI=1S/C27H29FO5S/c1-17(2)24-14-23(34-22-6-4-3-5-7-22)15-25(18-8-10-19(28)11-9-18)27(24)33-16-21(30)12-20(29)13-26(31)32/h3-11,14-15,17,20-21,29-30H,12-13,16H2,1-2H3,(H,31,32)/t20-,21+/m1/s1. The fourth-order valence-corrected chi connectivity index (χ4v) is 4.52. The third kappa shape index (κ3) is 7.32. The van der Waals surface area contributed by atoms with Gasteiger partial charge in [0.25, 0.3) is 0 Å². The molecule has 0 saturated carbocycles. The topological polar surface area (TPSA) is 87.0 Å². The maximum atomic E-state index is 13.6. The summed E-state index contributed by atoms with van der Waals surface area (Å²) < 4.78 is 19.7. The Kier molecular flexibility index (Phi) is 9.10. The fraction of sp³-hybridized carbons (Fsp3) is 0.296. The zero-order valence-electron chi connectivity index (χ0n) is 19.1. The number of aliphatic hydroxyl groups excluding tert-OH is 2. The Balaban J connectivity index is 1.95. The summed E-state index contributed by atoms with van der Waals surface area (Å²) in [6.07, 6.45) is -2.77. The van der Waals surface area contributed by atoms with E-state index in [1.54, 1.807) is 23.9 Å². The lowest BCUT2D eigenvalue weighted by Crippen LogP contribution is -2.25. The number of benzene rings is 3. The summed E-state index contributed by atoms with van der Waals surface area (Å²) in [5.74, 6) is -0.799. The molecule has 0 fully saturated rings. The normalized spacial score (nSPS) is 13.0. The molecule has 0 saturated heterocycles. The van der Waals surface area contributed by atoms with Gasteiger partial charge in [0.1, 0.15) is 18.2 Å².